The lowest BCUT2D eigenvalue weighted by Crippen LogP contribution is -2.26. The predicted molar refractivity (Wildman–Crippen MR) is 122 cm³/mol. The van der Waals surface area contributed by atoms with Crippen LogP contribution in [0.15, 0.2) is 59.7 Å². The van der Waals surface area contributed by atoms with E-state index < -0.39 is 0 Å². The summed E-state index contributed by atoms with van der Waals surface area (Å²) in [5, 5.41) is 21.9. The van der Waals surface area contributed by atoms with Gasteiger partial charge in [0.2, 0.25) is 0 Å². The number of anilines is 1. The van der Waals surface area contributed by atoms with Crippen molar-refractivity contribution in [2.75, 3.05) is 11.4 Å². The van der Waals surface area contributed by atoms with Crippen LogP contribution in [0.25, 0.3) is 16.8 Å². The number of aliphatic hydroxyl groups is 1. The van der Waals surface area contributed by atoms with Gasteiger partial charge in [0.05, 0.1) is 17.8 Å². The second-order valence-corrected chi connectivity index (χ2v) is 9.32. The fourth-order valence-corrected chi connectivity index (χ4v) is 4.31. The number of aliphatic hydroxyl groups excluding tert-OH is 1. The molecule has 0 amide bonds. The standard InChI is InChI=1S/C24H25N3OS/c1-15-5-7-16(8-6-15)19-14-29-23(26-19)21-20(28)13-27(22(21)25)18-11-9-17(10-12-18)24(2,3)4/h5-12,14,25,28H,13H2,1-4H3. The molecule has 0 saturated heterocycles. The Kier molecular flexibility index (Phi) is 4.79. The molecule has 4 nitrogen and oxygen atoms in total. The van der Waals surface area contributed by atoms with Crippen molar-refractivity contribution >= 4 is 28.4 Å². The number of thiazole rings is 1. The first kappa shape index (κ1) is 19.4. The highest BCUT2D eigenvalue weighted by molar-refractivity contribution is 7.11. The Morgan fingerprint density at radius 2 is 1.69 bits per heavy atom. The van der Waals surface area contributed by atoms with Crippen molar-refractivity contribution in [2.24, 2.45) is 0 Å². The Morgan fingerprint density at radius 1 is 1.03 bits per heavy atom. The van der Waals surface area contributed by atoms with Gasteiger partial charge in [0, 0.05) is 16.6 Å². The number of nitrogens with one attached hydrogen (secondary N) is 1. The largest absolute Gasteiger partial charge is 0.510 e. The number of aryl methyl sites for hydroxylation is 1. The topological polar surface area (TPSA) is 60.2 Å². The fraction of sp³-hybridized carbons (Fsp3) is 0.250. The molecule has 0 fully saturated rings. The van der Waals surface area contributed by atoms with Crippen LogP contribution in [0.2, 0.25) is 0 Å². The molecule has 0 unspecified atom stereocenters. The summed E-state index contributed by atoms with van der Waals surface area (Å²) in [5.74, 6) is 0.482. The highest BCUT2D eigenvalue weighted by atomic mass is 32.1. The summed E-state index contributed by atoms with van der Waals surface area (Å²) in [7, 11) is 0. The highest BCUT2D eigenvalue weighted by Gasteiger charge is 2.31. The van der Waals surface area contributed by atoms with E-state index in [1.54, 1.807) is 0 Å². The van der Waals surface area contributed by atoms with Gasteiger partial charge in [-0.2, -0.15) is 0 Å². The van der Waals surface area contributed by atoms with Crippen LogP contribution in [0.5, 0.6) is 0 Å². The van der Waals surface area contributed by atoms with E-state index in [0.29, 0.717) is 17.1 Å². The van der Waals surface area contributed by atoms with Crippen molar-refractivity contribution in [3.63, 3.8) is 0 Å². The molecule has 2 N–H and O–H groups in total. The smallest absolute Gasteiger partial charge is 0.139 e. The summed E-state index contributed by atoms with van der Waals surface area (Å²) in [6, 6.07) is 16.4. The zero-order chi connectivity index (χ0) is 20.8. The molecule has 0 bridgehead atoms. The number of aromatic nitrogens is 1. The molecule has 4 rings (SSSR count). The van der Waals surface area contributed by atoms with E-state index in [4.69, 9.17) is 10.4 Å². The van der Waals surface area contributed by atoms with E-state index >= 15 is 0 Å². The first-order valence-electron chi connectivity index (χ1n) is 9.66. The minimum Gasteiger partial charge on any atom is -0.510 e. The van der Waals surface area contributed by atoms with Crippen LogP contribution < -0.4 is 4.90 Å². The minimum atomic E-state index is 0.0792. The molecule has 148 valence electrons. The number of rotatable bonds is 3. The summed E-state index contributed by atoms with van der Waals surface area (Å²) in [4.78, 5) is 6.52. The minimum absolute atomic E-state index is 0.0792. The number of amidine groups is 1. The van der Waals surface area contributed by atoms with E-state index in [1.807, 2.05) is 34.5 Å². The molecular formula is C24H25N3OS. The lowest BCUT2D eigenvalue weighted by molar-refractivity contribution is 0.411. The van der Waals surface area contributed by atoms with Crippen LogP contribution in [0.1, 0.15) is 36.9 Å². The quantitative estimate of drug-likeness (QED) is 0.549. The van der Waals surface area contributed by atoms with Crippen molar-refractivity contribution in [2.45, 2.75) is 33.1 Å². The Hall–Kier alpha value is -2.92. The van der Waals surface area contributed by atoms with E-state index in [0.717, 1.165) is 16.9 Å². The third-order valence-corrected chi connectivity index (χ3v) is 6.07. The second-order valence-electron chi connectivity index (χ2n) is 8.46. The monoisotopic (exact) mass is 403 g/mol. The second kappa shape index (κ2) is 7.16. The van der Waals surface area contributed by atoms with Gasteiger partial charge in [-0.05, 0) is 30.0 Å². The molecule has 1 aliphatic heterocycles. The molecule has 5 heteroatoms. The average Bonchev–Trinajstić information content (AvgIpc) is 3.26. The summed E-state index contributed by atoms with van der Waals surface area (Å²) < 4.78 is 0. The molecule has 1 aliphatic rings. The number of hydrogen-bond donors (Lipinski definition) is 2. The summed E-state index contributed by atoms with van der Waals surface area (Å²) in [6.45, 7) is 8.89. The third-order valence-electron chi connectivity index (χ3n) is 5.21. The molecule has 2 heterocycles. The molecule has 0 saturated carbocycles. The van der Waals surface area contributed by atoms with Crippen LogP contribution in [-0.2, 0) is 5.41 Å². The van der Waals surface area contributed by atoms with Gasteiger partial charge in [0.25, 0.3) is 0 Å². The van der Waals surface area contributed by atoms with Crippen LogP contribution in [0.4, 0.5) is 5.69 Å². The molecule has 29 heavy (non-hydrogen) atoms. The van der Waals surface area contributed by atoms with Gasteiger partial charge in [0.15, 0.2) is 0 Å². The number of nitrogens with zero attached hydrogens (tertiary/aromatic N) is 2. The maximum Gasteiger partial charge on any atom is 0.139 e. The average molecular weight is 404 g/mol. The Morgan fingerprint density at radius 3 is 2.31 bits per heavy atom. The van der Waals surface area contributed by atoms with Crippen molar-refractivity contribution in [1.82, 2.24) is 4.98 Å². The van der Waals surface area contributed by atoms with Crippen molar-refractivity contribution < 1.29 is 5.11 Å². The molecule has 0 spiro atoms. The van der Waals surface area contributed by atoms with Crippen LogP contribution in [0, 0.1) is 12.3 Å². The molecule has 3 aromatic rings. The van der Waals surface area contributed by atoms with E-state index in [-0.39, 0.29) is 17.0 Å². The first-order chi connectivity index (χ1) is 13.7. The zero-order valence-corrected chi connectivity index (χ0v) is 18.0. The Balaban J connectivity index is 1.59. The number of benzene rings is 2. The Bertz CT molecular complexity index is 1090. The van der Waals surface area contributed by atoms with Gasteiger partial charge in [-0.15, -0.1) is 11.3 Å². The third kappa shape index (κ3) is 3.70. The molecule has 0 radical (unpaired) electrons. The van der Waals surface area contributed by atoms with E-state index in [1.165, 1.54) is 22.5 Å². The van der Waals surface area contributed by atoms with Gasteiger partial charge in [-0.3, -0.25) is 5.41 Å². The normalized spacial score (nSPS) is 14.8. The van der Waals surface area contributed by atoms with Gasteiger partial charge in [-0.1, -0.05) is 62.7 Å². The first-order valence-corrected chi connectivity index (χ1v) is 10.5. The summed E-state index contributed by atoms with van der Waals surface area (Å²) >= 11 is 1.46. The van der Waals surface area contributed by atoms with Crippen LogP contribution >= 0.6 is 11.3 Å². The van der Waals surface area contributed by atoms with Gasteiger partial charge in [-0.25, -0.2) is 4.98 Å². The van der Waals surface area contributed by atoms with Gasteiger partial charge < -0.3 is 10.0 Å². The van der Waals surface area contributed by atoms with Crippen molar-refractivity contribution in [3.05, 3.63) is 75.8 Å². The van der Waals surface area contributed by atoms with Crippen molar-refractivity contribution in [1.29, 1.82) is 5.41 Å². The van der Waals surface area contributed by atoms with E-state index in [9.17, 15) is 5.11 Å². The van der Waals surface area contributed by atoms with E-state index in [2.05, 4.69) is 52.0 Å². The summed E-state index contributed by atoms with van der Waals surface area (Å²) in [5.41, 5.74) is 5.86. The molecule has 0 atom stereocenters. The lowest BCUT2D eigenvalue weighted by atomic mass is 9.87. The molecule has 1 aromatic heterocycles. The zero-order valence-electron chi connectivity index (χ0n) is 17.2. The van der Waals surface area contributed by atoms with Gasteiger partial charge in [0.1, 0.15) is 16.6 Å². The maximum absolute atomic E-state index is 10.6. The lowest BCUT2D eigenvalue weighted by Gasteiger charge is -2.22. The van der Waals surface area contributed by atoms with Gasteiger partial charge >= 0.3 is 0 Å². The predicted octanol–water partition coefficient (Wildman–Crippen LogP) is 6.18. The van der Waals surface area contributed by atoms with Crippen molar-refractivity contribution in [3.8, 4) is 11.3 Å². The SMILES string of the molecule is Cc1ccc(-c2csc(C3=C(O)CN(c4ccc(C(C)(C)C)cc4)C3=N)n2)cc1. The Labute approximate surface area is 175 Å². The summed E-state index contributed by atoms with van der Waals surface area (Å²) in [6.07, 6.45) is 0. The molecular weight excluding hydrogens is 378 g/mol. The maximum atomic E-state index is 10.6. The highest BCUT2D eigenvalue weighted by Crippen LogP contribution is 2.35. The number of hydrogen-bond acceptors (Lipinski definition) is 4. The molecule has 0 aliphatic carbocycles. The van der Waals surface area contributed by atoms with Crippen LogP contribution in [-0.4, -0.2) is 22.5 Å². The fourth-order valence-electron chi connectivity index (χ4n) is 3.41. The van der Waals surface area contributed by atoms with Crippen LogP contribution in [0.3, 0.4) is 0 Å². The molecule has 2 aromatic carbocycles.